The van der Waals surface area contributed by atoms with Gasteiger partial charge in [-0.05, 0) is 48.7 Å². The van der Waals surface area contributed by atoms with Crippen molar-refractivity contribution in [3.63, 3.8) is 0 Å². The lowest BCUT2D eigenvalue weighted by atomic mass is 10.1. The zero-order valence-corrected chi connectivity index (χ0v) is 19.0. The average molecular weight is 436 g/mol. The largest absolute Gasteiger partial charge is 0.496 e. The molecule has 0 amide bonds. The highest BCUT2D eigenvalue weighted by Crippen LogP contribution is 2.35. The molecule has 0 aliphatic rings. The highest BCUT2D eigenvalue weighted by molar-refractivity contribution is 7.15. The fraction of sp³-hybridized carbons (Fsp3) is 0.292. The van der Waals surface area contributed by atoms with Gasteiger partial charge in [-0.25, -0.2) is 4.98 Å². The van der Waals surface area contributed by atoms with E-state index in [1.165, 1.54) is 11.3 Å². The Hall–Kier alpha value is -3.19. The molecule has 0 bridgehead atoms. The summed E-state index contributed by atoms with van der Waals surface area (Å²) >= 11 is 1.52. The lowest BCUT2D eigenvalue weighted by molar-refractivity contribution is -0.144. The van der Waals surface area contributed by atoms with E-state index in [2.05, 4.69) is 5.10 Å². The molecular formula is C24H25N3O3S. The third-order valence-electron chi connectivity index (χ3n) is 5.09. The predicted octanol–water partition coefficient (Wildman–Crippen LogP) is 4.86. The topological polar surface area (TPSA) is 66.2 Å². The summed E-state index contributed by atoms with van der Waals surface area (Å²) in [4.78, 5) is 18.3. The molecule has 0 saturated heterocycles. The molecule has 4 rings (SSSR count). The average Bonchev–Trinajstić information content (AvgIpc) is 3.33. The fourth-order valence-electron chi connectivity index (χ4n) is 3.52. The molecule has 0 N–H and O–H groups in total. The number of carbonyl (C=O) groups excluding carboxylic acids is 1. The smallest absolute Gasteiger partial charge is 0.311 e. The van der Waals surface area contributed by atoms with Crippen LogP contribution in [0.3, 0.4) is 0 Å². The quantitative estimate of drug-likeness (QED) is 0.388. The number of aromatic nitrogens is 3. The first-order valence-electron chi connectivity index (χ1n) is 10.2. The number of benzene rings is 2. The van der Waals surface area contributed by atoms with Crippen LogP contribution in [0.1, 0.15) is 28.6 Å². The van der Waals surface area contributed by atoms with Crippen molar-refractivity contribution in [3.05, 3.63) is 64.3 Å². The Bertz CT molecular complexity index is 1240. The molecule has 2 heterocycles. The molecule has 6 nitrogen and oxygen atoms in total. The van der Waals surface area contributed by atoms with Crippen LogP contribution in [0.2, 0.25) is 0 Å². The predicted molar refractivity (Wildman–Crippen MR) is 122 cm³/mol. The van der Waals surface area contributed by atoms with Crippen molar-refractivity contribution in [2.45, 2.75) is 33.3 Å². The Morgan fingerprint density at radius 1 is 1.19 bits per heavy atom. The minimum atomic E-state index is -0.257. The number of methoxy groups -OCH3 is 1. The second kappa shape index (κ2) is 8.89. The summed E-state index contributed by atoms with van der Waals surface area (Å²) < 4.78 is 12.9. The summed E-state index contributed by atoms with van der Waals surface area (Å²) in [6.07, 6.45) is 2.92. The number of hydrogen-bond donors (Lipinski definition) is 0. The van der Waals surface area contributed by atoms with Crippen LogP contribution in [0.15, 0.2) is 42.6 Å². The number of nitrogens with zero attached hydrogens (tertiary/aromatic N) is 3. The number of aryl methyl sites for hydroxylation is 3. The first kappa shape index (κ1) is 21.1. The molecule has 0 atom stereocenters. The fourth-order valence-corrected chi connectivity index (χ4v) is 4.69. The number of hydrogen-bond acceptors (Lipinski definition) is 6. The van der Waals surface area contributed by atoms with E-state index in [-0.39, 0.29) is 19.0 Å². The molecule has 31 heavy (non-hydrogen) atoms. The van der Waals surface area contributed by atoms with Crippen LogP contribution in [0, 0.1) is 6.92 Å². The first-order valence-corrected chi connectivity index (χ1v) is 11.0. The number of carbonyl (C=O) groups is 1. The van der Waals surface area contributed by atoms with Gasteiger partial charge in [0.15, 0.2) is 0 Å². The summed E-state index contributed by atoms with van der Waals surface area (Å²) in [5.41, 5.74) is 4.86. The van der Waals surface area contributed by atoms with Crippen molar-refractivity contribution < 1.29 is 14.3 Å². The van der Waals surface area contributed by atoms with E-state index in [1.807, 2.05) is 63.5 Å². The molecule has 0 saturated carbocycles. The van der Waals surface area contributed by atoms with Gasteiger partial charge in [-0.2, -0.15) is 5.10 Å². The molecule has 160 valence electrons. The van der Waals surface area contributed by atoms with Crippen LogP contribution >= 0.6 is 11.3 Å². The van der Waals surface area contributed by atoms with Gasteiger partial charge in [-0.3, -0.25) is 9.48 Å². The van der Waals surface area contributed by atoms with Crippen molar-refractivity contribution in [2.24, 2.45) is 7.05 Å². The van der Waals surface area contributed by atoms with Gasteiger partial charge in [0, 0.05) is 23.5 Å². The highest BCUT2D eigenvalue weighted by atomic mass is 32.1. The van der Waals surface area contributed by atoms with E-state index in [4.69, 9.17) is 14.5 Å². The molecule has 4 aromatic rings. The molecule has 0 unspecified atom stereocenters. The number of thiazole rings is 1. The zero-order chi connectivity index (χ0) is 22.0. The zero-order valence-electron chi connectivity index (χ0n) is 18.1. The summed E-state index contributed by atoms with van der Waals surface area (Å²) in [6.45, 7) is 4.31. The van der Waals surface area contributed by atoms with E-state index < -0.39 is 0 Å². The third kappa shape index (κ3) is 4.61. The highest BCUT2D eigenvalue weighted by Gasteiger charge is 2.18. The molecule has 0 fully saturated rings. The Balaban J connectivity index is 1.47. The SMILES string of the molecule is CCc1nc(-c2ccc(C)cc2OC)sc1CC(=O)OCc1ccc2nn(C)cc2c1. The number of rotatable bonds is 7. The van der Waals surface area contributed by atoms with Crippen LogP contribution in [-0.4, -0.2) is 27.8 Å². The van der Waals surface area contributed by atoms with Crippen LogP contribution in [0.4, 0.5) is 0 Å². The maximum absolute atomic E-state index is 12.6. The molecule has 2 aromatic heterocycles. The third-order valence-corrected chi connectivity index (χ3v) is 6.22. The number of fused-ring (bicyclic) bond motifs is 1. The summed E-state index contributed by atoms with van der Waals surface area (Å²) in [7, 11) is 3.55. The van der Waals surface area contributed by atoms with Crippen molar-refractivity contribution >= 4 is 28.2 Å². The first-order chi connectivity index (χ1) is 15.0. The Kier molecular flexibility index (Phi) is 6.04. The van der Waals surface area contributed by atoms with Crippen molar-refractivity contribution in [2.75, 3.05) is 7.11 Å². The summed E-state index contributed by atoms with van der Waals surface area (Å²) in [5, 5.41) is 6.25. The van der Waals surface area contributed by atoms with Gasteiger partial charge in [0.05, 0.1) is 30.3 Å². The second-order valence-electron chi connectivity index (χ2n) is 7.48. The van der Waals surface area contributed by atoms with E-state index in [0.29, 0.717) is 0 Å². The van der Waals surface area contributed by atoms with E-state index >= 15 is 0 Å². The molecule has 0 aliphatic heterocycles. The minimum Gasteiger partial charge on any atom is -0.496 e. The Morgan fingerprint density at radius 3 is 2.81 bits per heavy atom. The maximum Gasteiger partial charge on any atom is 0.311 e. The lowest BCUT2D eigenvalue weighted by Crippen LogP contribution is -2.08. The van der Waals surface area contributed by atoms with Crippen LogP contribution < -0.4 is 4.74 Å². The van der Waals surface area contributed by atoms with Crippen LogP contribution in [0.5, 0.6) is 5.75 Å². The van der Waals surface area contributed by atoms with Gasteiger partial charge < -0.3 is 9.47 Å². The normalized spacial score (nSPS) is 11.1. The van der Waals surface area contributed by atoms with E-state index in [9.17, 15) is 4.79 Å². The molecule has 7 heteroatoms. The van der Waals surface area contributed by atoms with Gasteiger partial charge >= 0.3 is 5.97 Å². The summed E-state index contributed by atoms with van der Waals surface area (Å²) in [6, 6.07) is 11.9. The Labute approximate surface area is 185 Å². The molecule has 2 aromatic carbocycles. The van der Waals surface area contributed by atoms with E-state index in [0.717, 1.165) is 55.3 Å². The number of esters is 1. The van der Waals surface area contributed by atoms with Crippen molar-refractivity contribution in [1.82, 2.24) is 14.8 Å². The second-order valence-corrected chi connectivity index (χ2v) is 8.56. The van der Waals surface area contributed by atoms with Gasteiger partial charge in [-0.1, -0.05) is 19.1 Å². The van der Waals surface area contributed by atoms with Crippen molar-refractivity contribution in [1.29, 1.82) is 0 Å². The molecule has 0 spiro atoms. The minimum absolute atomic E-state index is 0.212. The molecule has 0 radical (unpaired) electrons. The summed E-state index contributed by atoms with van der Waals surface area (Å²) in [5.74, 6) is 0.531. The van der Waals surface area contributed by atoms with Crippen molar-refractivity contribution in [3.8, 4) is 16.3 Å². The molecular weight excluding hydrogens is 410 g/mol. The Morgan fingerprint density at radius 2 is 2.03 bits per heavy atom. The van der Waals surface area contributed by atoms with Crippen LogP contribution in [-0.2, 0) is 36.0 Å². The van der Waals surface area contributed by atoms with Gasteiger partial charge in [0.25, 0.3) is 0 Å². The monoisotopic (exact) mass is 435 g/mol. The molecule has 0 aliphatic carbocycles. The maximum atomic E-state index is 12.6. The van der Waals surface area contributed by atoms with Gasteiger partial charge in [0.1, 0.15) is 17.4 Å². The van der Waals surface area contributed by atoms with Crippen LogP contribution in [0.25, 0.3) is 21.5 Å². The number of ether oxygens (including phenoxy) is 2. The van der Waals surface area contributed by atoms with E-state index in [1.54, 1.807) is 11.8 Å². The standard InChI is InChI=1S/C24H25N3O3S/c1-5-19-22(31-24(25-19)18-8-6-15(2)10-21(18)29-4)12-23(28)30-14-16-7-9-20-17(11-16)13-27(3)26-20/h6-11,13H,5,12,14H2,1-4H3. The lowest BCUT2D eigenvalue weighted by Gasteiger charge is -2.06. The van der Waals surface area contributed by atoms with Gasteiger partial charge in [-0.15, -0.1) is 11.3 Å². The van der Waals surface area contributed by atoms with Gasteiger partial charge in [0.2, 0.25) is 0 Å².